The molecule has 18 heavy (non-hydrogen) atoms. The number of ketones is 1. The van der Waals surface area contributed by atoms with Crippen LogP contribution < -0.4 is 4.74 Å². The summed E-state index contributed by atoms with van der Waals surface area (Å²) in [4.78, 5) is 16.4. The van der Waals surface area contributed by atoms with Crippen molar-refractivity contribution in [1.82, 2.24) is 4.98 Å². The van der Waals surface area contributed by atoms with Gasteiger partial charge in [-0.2, -0.15) is 0 Å². The number of methoxy groups -OCH3 is 1. The first-order chi connectivity index (χ1) is 8.63. The van der Waals surface area contributed by atoms with Gasteiger partial charge in [0.2, 0.25) is 5.78 Å². The average Bonchev–Trinajstić information content (AvgIpc) is 2.41. The second-order valence-electron chi connectivity index (χ2n) is 3.85. The van der Waals surface area contributed by atoms with Crippen LogP contribution in [0.4, 0.5) is 0 Å². The van der Waals surface area contributed by atoms with Gasteiger partial charge in [0.15, 0.2) is 5.69 Å². The minimum atomic E-state index is -0.174. The normalized spacial score (nSPS) is 10.2. The molecule has 3 nitrogen and oxygen atoms in total. The Hall–Kier alpha value is -1.87. The van der Waals surface area contributed by atoms with Crippen LogP contribution in [0.5, 0.6) is 5.75 Å². The molecule has 92 valence electrons. The van der Waals surface area contributed by atoms with E-state index in [0.29, 0.717) is 22.0 Å². The smallest absolute Gasteiger partial charge is 0.215 e. The molecule has 0 unspecified atom stereocenters. The Labute approximate surface area is 110 Å². The van der Waals surface area contributed by atoms with Gasteiger partial charge in [-0.1, -0.05) is 11.6 Å². The monoisotopic (exact) mass is 261 g/mol. The number of halogens is 1. The predicted molar refractivity (Wildman–Crippen MR) is 70.4 cm³/mol. The van der Waals surface area contributed by atoms with Crippen LogP contribution in [0.1, 0.15) is 21.6 Å². The maximum absolute atomic E-state index is 12.3. The molecule has 0 saturated heterocycles. The summed E-state index contributed by atoms with van der Waals surface area (Å²) < 4.78 is 5.13. The zero-order chi connectivity index (χ0) is 13.1. The Bertz CT molecular complexity index is 596. The number of aromatic nitrogens is 1. The van der Waals surface area contributed by atoms with Crippen molar-refractivity contribution < 1.29 is 9.53 Å². The lowest BCUT2D eigenvalue weighted by Crippen LogP contribution is -2.06. The van der Waals surface area contributed by atoms with Gasteiger partial charge in [0.05, 0.1) is 7.11 Å². The Morgan fingerprint density at radius 2 is 2.11 bits per heavy atom. The maximum Gasteiger partial charge on any atom is 0.215 e. The number of rotatable bonds is 3. The summed E-state index contributed by atoms with van der Waals surface area (Å²) >= 11 is 5.94. The molecule has 2 aromatic rings. The highest BCUT2D eigenvalue weighted by Gasteiger charge is 2.16. The Balaban J connectivity index is 2.44. The number of hydrogen-bond acceptors (Lipinski definition) is 3. The van der Waals surface area contributed by atoms with E-state index in [4.69, 9.17) is 16.3 Å². The molecule has 0 aliphatic rings. The third-order valence-corrected chi connectivity index (χ3v) is 3.05. The molecule has 4 heteroatoms. The SMILES string of the molecule is COc1cccnc1C(=O)c1ccc(Cl)c(C)c1. The lowest BCUT2D eigenvalue weighted by atomic mass is 10.0. The van der Waals surface area contributed by atoms with Crippen molar-refractivity contribution >= 4 is 17.4 Å². The molecular formula is C14H12ClNO2. The van der Waals surface area contributed by atoms with E-state index in [0.717, 1.165) is 5.56 Å². The summed E-state index contributed by atoms with van der Waals surface area (Å²) in [5, 5.41) is 0.638. The van der Waals surface area contributed by atoms with Crippen molar-refractivity contribution in [2.75, 3.05) is 7.11 Å². The van der Waals surface area contributed by atoms with Crippen molar-refractivity contribution in [3.8, 4) is 5.75 Å². The number of carbonyl (C=O) groups excluding carboxylic acids is 1. The molecule has 0 bridgehead atoms. The molecule has 0 aliphatic heterocycles. The van der Waals surface area contributed by atoms with Crippen molar-refractivity contribution in [2.24, 2.45) is 0 Å². The standard InChI is InChI=1S/C14H12ClNO2/c1-9-8-10(5-6-11(9)15)14(17)13-12(18-2)4-3-7-16-13/h3-8H,1-2H3. The van der Waals surface area contributed by atoms with Gasteiger partial charge in [0, 0.05) is 16.8 Å². The van der Waals surface area contributed by atoms with Crippen molar-refractivity contribution in [2.45, 2.75) is 6.92 Å². The summed E-state index contributed by atoms with van der Waals surface area (Å²) in [5.41, 5.74) is 1.72. The predicted octanol–water partition coefficient (Wildman–Crippen LogP) is 3.28. The zero-order valence-corrected chi connectivity index (χ0v) is 10.9. The molecule has 1 aromatic carbocycles. The number of nitrogens with zero attached hydrogens (tertiary/aromatic N) is 1. The quantitative estimate of drug-likeness (QED) is 0.796. The van der Waals surface area contributed by atoms with Crippen LogP contribution in [0.15, 0.2) is 36.5 Å². The number of aryl methyl sites for hydroxylation is 1. The van der Waals surface area contributed by atoms with Gasteiger partial charge in [-0.25, -0.2) is 4.98 Å². The van der Waals surface area contributed by atoms with Gasteiger partial charge in [0.1, 0.15) is 5.75 Å². The van der Waals surface area contributed by atoms with Crippen LogP contribution in [-0.2, 0) is 0 Å². The number of pyridine rings is 1. The summed E-state index contributed by atoms with van der Waals surface area (Å²) in [5.74, 6) is 0.294. The fraction of sp³-hybridized carbons (Fsp3) is 0.143. The molecular weight excluding hydrogens is 250 g/mol. The maximum atomic E-state index is 12.3. The van der Waals surface area contributed by atoms with Gasteiger partial charge in [0.25, 0.3) is 0 Å². The largest absolute Gasteiger partial charge is 0.494 e. The lowest BCUT2D eigenvalue weighted by Gasteiger charge is -2.07. The van der Waals surface area contributed by atoms with Crippen molar-refractivity contribution in [3.05, 3.63) is 58.4 Å². The minimum absolute atomic E-state index is 0.174. The molecule has 0 saturated carbocycles. The molecule has 2 rings (SSSR count). The van der Waals surface area contributed by atoms with E-state index >= 15 is 0 Å². The van der Waals surface area contributed by atoms with E-state index in [9.17, 15) is 4.79 Å². The molecule has 1 heterocycles. The van der Waals surface area contributed by atoms with Crippen LogP contribution in [0.25, 0.3) is 0 Å². The summed E-state index contributed by atoms with van der Waals surface area (Å²) in [7, 11) is 1.51. The van der Waals surface area contributed by atoms with Crippen LogP contribution in [0.2, 0.25) is 5.02 Å². The van der Waals surface area contributed by atoms with E-state index in [1.54, 1.807) is 36.5 Å². The molecule has 1 aromatic heterocycles. The van der Waals surface area contributed by atoms with Crippen LogP contribution in [-0.4, -0.2) is 17.9 Å². The Kier molecular flexibility index (Phi) is 3.63. The van der Waals surface area contributed by atoms with Crippen molar-refractivity contribution in [1.29, 1.82) is 0 Å². The highest BCUT2D eigenvalue weighted by atomic mass is 35.5. The van der Waals surface area contributed by atoms with E-state index < -0.39 is 0 Å². The van der Waals surface area contributed by atoms with Crippen LogP contribution >= 0.6 is 11.6 Å². The minimum Gasteiger partial charge on any atom is -0.494 e. The first kappa shape index (κ1) is 12.6. The van der Waals surface area contributed by atoms with Gasteiger partial charge >= 0.3 is 0 Å². The van der Waals surface area contributed by atoms with Gasteiger partial charge < -0.3 is 4.74 Å². The second-order valence-corrected chi connectivity index (χ2v) is 4.25. The fourth-order valence-electron chi connectivity index (χ4n) is 1.65. The zero-order valence-electron chi connectivity index (χ0n) is 10.1. The summed E-state index contributed by atoms with van der Waals surface area (Å²) in [6, 6.07) is 8.58. The van der Waals surface area contributed by atoms with E-state index in [1.165, 1.54) is 7.11 Å². The van der Waals surface area contributed by atoms with Gasteiger partial charge in [-0.15, -0.1) is 0 Å². The van der Waals surface area contributed by atoms with E-state index in [-0.39, 0.29) is 5.78 Å². The summed E-state index contributed by atoms with van der Waals surface area (Å²) in [6.45, 7) is 1.86. The van der Waals surface area contributed by atoms with E-state index in [1.807, 2.05) is 6.92 Å². The molecule has 0 N–H and O–H groups in total. The molecule has 0 atom stereocenters. The third-order valence-electron chi connectivity index (χ3n) is 2.63. The molecule has 0 spiro atoms. The molecule has 0 fully saturated rings. The first-order valence-electron chi connectivity index (χ1n) is 5.43. The lowest BCUT2D eigenvalue weighted by molar-refractivity contribution is 0.103. The van der Waals surface area contributed by atoms with Gasteiger partial charge in [-0.3, -0.25) is 4.79 Å². The Morgan fingerprint density at radius 1 is 1.33 bits per heavy atom. The number of hydrogen-bond donors (Lipinski definition) is 0. The highest BCUT2D eigenvalue weighted by Crippen LogP contribution is 2.22. The first-order valence-corrected chi connectivity index (χ1v) is 5.81. The van der Waals surface area contributed by atoms with Gasteiger partial charge in [-0.05, 0) is 42.8 Å². The van der Waals surface area contributed by atoms with Crippen LogP contribution in [0.3, 0.4) is 0 Å². The number of carbonyl (C=O) groups is 1. The Morgan fingerprint density at radius 3 is 2.78 bits per heavy atom. The molecule has 0 radical (unpaired) electrons. The van der Waals surface area contributed by atoms with Crippen LogP contribution in [0, 0.1) is 6.92 Å². The third kappa shape index (κ3) is 2.36. The fourth-order valence-corrected chi connectivity index (χ4v) is 1.77. The number of benzene rings is 1. The average molecular weight is 262 g/mol. The topological polar surface area (TPSA) is 39.2 Å². The van der Waals surface area contributed by atoms with E-state index in [2.05, 4.69) is 4.98 Å². The second kappa shape index (κ2) is 5.19. The van der Waals surface area contributed by atoms with Crippen molar-refractivity contribution in [3.63, 3.8) is 0 Å². The summed E-state index contributed by atoms with van der Waals surface area (Å²) in [6.07, 6.45) is 1.57. The molecule has 0 aliphatic carbocycles. The molecule has 0 amide bonds. The highest BCUT2D eigenvalue weighted by molar-refractivity contribution is 6.31. The number of ether oxygens (including phenoxy) is 1.